The molecule has 8 heavy (non-hydrogen) atoms. The van der Waals surface area contributed by atoms with Gasteiger partial charge in [-0.25, -0.2) is 0 Å². The van der Waals surface area contributed by atoms with Crippen LogP contribution in [-0.2, 0) is 9.59 Å². The van der Waals surface area contributed by atoms with Crippen molar-refractivity contribution in [3.63, 3.8) is 0 Å². The molecule has 0 aromatic carbocycles. The number of carbonyl (C=O) groups excluding carboxylic acids is 2. The zero-order chi connectivity index (χ0) is 5.70. The summed E-state index contributed by atoms with van der Waals surface area (Å²) in [6, 6.07) is 0. The van der Waals surface area contributed by atoms with Gasteiger partial charge in [-0.3, -0.25) is 4.79 Å². The Labute approximate surface area is 68.7 Å². The summed E-state index contributed by atoms with van der Waals surface area (Å²) in [5.74, 6) is -1.35. The van der Waals surface area contributed by atoms with Crippen molar-refractivity contribution in [1.82, 2.24) is 0 Å². The molecule has 0 fully saturated rings. The Morgan fingerprint density at radius 1 is 1.50 bits per heavy atom. The van der Waals surface area contributed by atoms with Gasteiger partial charge >= 0.3 is 29.6 Å². The summed E-state index contributed by atoms with van der Waals surface area (Å²) >= 11 is 0. The van der Waals surface area contributed by atoms with Crippen LogP contribution in [0, 0.1) is 0 Å². The Morgan fingerprint density at radius 3 is 2.12 bits per heavy atom. The van der Waals surface area contributed by atoms with Crippen molar-refractivity contribution in [2.24, 2.45) is 0 Å². The molecule has 0 aliphatic rings. The molecule has 4 heteroatoms. The van der Waals surface area contributed by atoms with Gasteiger partial charge in [0.2, 0.25) is 0 Å². The second kappa shape index (κ2) is 6.88. The van der Waals surface area contributed by atoms with Gasteiger partial charge in [-0.05, 0) is 12.2 Å². The van der Waals surface area contributed by atoms with Crippen LogP contribution >= 0.6 is 0 Å². The number of hydrogen-bond acceptors (Lipinski definition) is 3. The van der Waals surface area contributed by atoms with E-state index < -0.39 is 5.97 Å². The van der Waals surface area contributed by atoms with E-state index in [2.05, 4.69) is 0 Å². The van der Waals surface area contributed by atoms with E-state index in [1.54, 1.807) is 0 Å². The summed E-state index contributed by atoms with van der Waals surface area (Å²) in [6.07, 6.45) is 1.89. The van der Waals surface area contributed by atoms with E-state index in [1.807, 2.05) is 0 Å². The Hall–Kier alpha value is -0.120. The fraction of sp³-hybridized carbons (Fsp3) is 0. The van der Waals surface area contributed by atoms with Crippen LogP contribution in [0.15, 0.2) is 12.2 Å². The number of hydrogen-bond donors (Lipinski definition) is 0. The minimum atomic E-state index is -1.35. The van der Waals surface area contributed by atoms with E-state index in [9.17, 15) is 14.7 Å². The van der Waals surface area contributed by atoms with Gasteiger partial charge in [0, 0.05) is 0 Å². The molecule has 3 nitrogen and oxygen atoms in total. The van der Waals surface area contributed by atoms with Gasteiger partial charge in [-0.1, -0.05) is 0 Å². The third-order valence-electron chi connectivity index (χ3n) is 0.311. The third kappa shape index (κ3) is 9.30. The van der Waals surface area contributed by atoms with Crippen molar-refractivity contribution in [1.29, 1.82) is 0 Å². The number of carboxylic acid groups (broad SMARTS) is 1. The van der Waals surface area contributed by atoms with Gasteiger partial charge in [-0.2, -0.15) is 0 Å². The average Bonchev–Trinajstić information content (AvgIpc) is 1.61. The van der Waals surface area contributed by atoms with Crippen molar-refractivity contribution >= 4 is 12.3 Å². The molecule has 0 amide bonds. The molecule has 0 bridgehead atoms. The predicted molar refractivity (Wildman–Crippen MR) is 20.2 cm³/mol. The molecular weight excluding hydrogens is 119 g/mol. The second-order valence-electron chi connectivity index (χ2n) is 0.814. The molecule has 0 unspecified atom stereocenters. The van der Waals surface area contributed by atoms with E-state index >= 15 is 0 Å². The Kier molecular flexibility index (Phi) is 9.28. The maximum Gasteiger partial charge on any atom is 1.00 e. The van der Waals surface area contributed by atoms with Crippen LogP contribution in [0.1, 0.15) is 0 Å². The SMILES string of the molecule is O=CC=CC(=O)[O-].[Na+]. The maximum absolute atomic E-state index is 9.40. The smallest absolute Gasteiger partial charge is 0.545 e. The molecule has 38 valence electrons. The summed E-state index contributed by atoms with van der Waals surface area (Å²) in [5, 5.41) is 9.40. The van der Waals surface area contributed by atoms with Crippen LogP contribution in [0.4, 0.5) is 0 Å². The van der Waals surface area contributed by atoms with Crippen LogP contribution in [0.2, 0.25) is 0 Å². The zero-order valence-electron chi connectivity index (χ0n) is 4.46. The van der Waals surface area contributed by atoms with E-state index in [1.165, 1.54) is 0 Å². The monoisotopic (exact) mass is 122 g/mol. The van der Waals surface area contributed by atoms with Gasteiger partial charge < -0.3 is 9.90 Å². The van der Waals surface area contributed by atoms with Gasteiger partial charge in [0.1, 0.15) is 6.29 Å². The topological polar surface area (TPSA) is 57.2 Å². The molecule has 0 saturated carbocycles. The number of carbonyl (C=O) groups is 2. The van der Waals surface area contributed by atoms with Crippen LogP contribution < -0.4 is 34.7 Å². The number of carboxylic acids is 1. The second-order valence-corrected chi connectivity index (χ2v) is 0.814. The molecule has 0 spiro atoms. The molecule has 0 rings (SSSR count). The van der Waals surface area contributed by atoms with Gasteiger partial charge in [0.25, 0.3) is 0 Å². The van der Waals surface area contributed by atoms with Crippen LogP contribution in [-0.4, -0.2) is 12.3 Å². The van der Waals surface area contributed by atoms with Crippen molar-refractivity contribution in [2.75, 3.05) is 0 Å². The standard InChI is InChI=1S/C4H4O3.Na/c5-3-1-2-4(6)7;/h1-3H,(H,6,7);/q;+1/p-1. The zero-order valence-corrected chi connectivity index (χ0v) is 6.46. The average molecular weight is 122 g/mol. The third-order valence-corrected chi connectivity index (χ3v) is 0.311. The fourth-order valence-electron chi connectivity index (χ4n) is 0.118. The minimum Gasteiger partial charge on any atom is -0.545 e. The first-order chi connectivity index (χ1) is 3.27. The first kappa shape index (κ1) is 10.8. The Morgan fingerprint density at radius 2 is 2.00 bits per heavy atom. The molecule has 0 N–H and O–H groups in total. The first-order valence-corrected chi connectivity index (χ1v) is 1.60. The predicted octanol–water partition coefficient (Wildman–Crippen LogP) is -4.50. The summed E-state index contributed by atoms with van der Waals surface area (Å²) in [4.78, 5) is 18.7. The van der Waals surface area contributed by atoms with Crippen molar-refractivity contribution < 1.29 is 44.3 Å². The molecule has 0 aliphatic heterocycles. The van der Waals surface area contributed by atoms with E-state index in [0.717, 1.165) is 6.08 Å². The van der Waals surface area contributed by atoms with Crippen molar-refractivity contribution in [3.05, 3.63) is 12.2 Å². The molecule has 0 saturated heterocycles. The number of rotatable bonds is 2. The summed E-state index contributed by atoms with van der Waals surface area (Å²) < 4.78 is 0. The van der Waals surface area contributed by atoms with Crippen molar-refractivity contribution in [3.8, 4) is 0 Å². The maximum atomic E-state index is 9.40. The summed E-state index contributed by atoms with van der Waals surface area (Å²) in [5.41, 5.74) is 0. The molecule has 0 aromatic heterocycles. The summed E-state index contributed by atoms with van der Waals surface area (Å²) in [7, 11) is 0. The quantitative estimate of drug-likeness (QED) is 0.211. The largest absolute Gasteiger partial charge is 1.00 e. The van der Waals surface area contributed by atoms with Crippen molar-refractivity contribution in [2.45, 2.75) is 0 Å². The van der Waals surface area contributed by atoms with E-state index in [0.29, 0.717) is 12.4 Å². The first-order valence-electron chi connectivity index (χ1n) is 1.60. The van der Waals surface area contributed by atoms with Crippen LogP contribution in [0.3, 0.4) is 0 Å². The summed E-state index contributed by atoms with van der Waals surface area (Å²) in [6.45, 7) is 0. The molecule has 0 aliphatic carbocycles. The number of aliphatic carboxylic acids is 1. The van der Waals surface area contributed by atoms with Crippen LogP contribution in [0.5, 0.6) is 0 Å². The number of allylic oxidation sites excluding steroid dienone is 1. The molecule has 0 aromatic rings. The fourth-order valence-corrected chi connectivity index (χ4v) is 0.118. The molecule has 0 heterocycles. The van der Waals surface area contributed by atoms with Crippen LogP contribution in [0.25, 0.3) is 0 Å². The van der Waals surface area contributed by atoms with Gasteiger partial charge in [-0.15, -0.1) is 0 Å². The molecule has 0 atom stereocenters. The molecule has 0 radical (unpaired) electrons. The Bertz CT molecular complexity index is 108. The molecular formula is C4H3NaO3. The normalized spacial score (nSPS) is 8.00. The Balaban J connectivity index is 0. The van der Waals surface area contributed by atoms with E-state index in [4.69, 9.17) is 0 Å². The van der Waals surface area contributed by atoms with Gasteiger partial charge in [0.15, 0.2) is 0 Å². The minimum absolute atomic E-state index is 0. The van der Waals surface area contributed by atoms with Gasteiger partial charge in [0.05, 0.1) is 5.97 Å². The number of aldehydes is 1. The van der Waals surface area contributed by atoms with E-state index in [-0.39, 0.29) is 29.6 Å².